The van der Waals surface area contributed by atoms with Gasteiger partial charge in [-0.05, 0) is 93.2 Å². The van der Waals surface area contributed by atoms with Crippen molar-refractivity contribution < 1.29 is 96.1 Å². The smallest absolute Gasteiger partial charge is 0.491 e. The molecule has 0 atom stereocenters. The van der Waals surface area contributed by atoms with Gasteiger partial charge in [-0.25, -0.2) is 0 Å². The summed E-state index contributed by atoms with van der Waals surface area (Å²) >= 11 is 0. The number of hydrogen-bond donors (Lipinski definition) is 4. The molecule has 0 aliphatic heterocycles. The van der Waals surface area contributed by atoms with E-state index in [2.05, 4.69) is 46.8 Å². The standard InChI is InChI=1S/C36H68O12Si.2C3H10OSi.BH4.Na/c1-35(2,3)32-36(4,5)33-8-10-34(11-9-33)48-30-29-47-28-27-46-26-25-45-24-23-44-22-21-43-20-19-42-18-17-41-16-15-40-14-13-39-12-7-31-49(6,37)38;2*1-5(2,3)4;;/h8-11,37-38H,7,12-32H2,1-6H3;2*4H,1-3H3;1H4;/q;;;-1;+1. The van der Waals surface area contributed by atoms with E-state index in [-0.39, 0.29) is 48.8 Å². The normalized spacial score (nSPS) is 12.1. The predicted octanol–water partition coefficient (Wildman–Crippen LogP) is 1.55. The Hall–Kier alpha value is 0.216. The summed E-state index contributed by atoms with van der Waals surface area (Å²) in [6, 6.07) is 8.83. The van der Waals surface area contributed by atoms with Crippen LogP contribution in [0.25, 0.3) is 0 Å². The molecule has 0 spiro atoms. The van der Waals surface area contributed by atoms with Crippen molar-refractivity contribution >= 4 is 33.6 Å². The van der Waals surface area contributed by atoms with Gasteiger partial charge in [-0.15, -0.1) is 0 Å². The summed E-state index contributed by atoms with van der Waals surface area (Å²) < 4.78 is 55.2. The van der Waals surface area contributed by atoms with Gasteiger partial charge in [-0.2, -0.15) is 0 Å². The van der Waals surface area contributed by atoms with Crippen LogP contribution in [0.2, 0.25) is 51.9 Å². The Morgan fingerprint density at radius 2 is 0.672 bits per heavy atom. The van der Waals surface area contributed by atoms with Crippen LogP contribution in [0, 0.1) is 5.41 Å². The van der Waals surface area contributed by atoms with Crippen molar-refractivity contribution in [1.82, 2.24) is 0 Å². The minimum Gasteiger partial charge on any atom is -0.491 e. The Morgan fingerprint density at radius 1 is 0.426 bits per heavy atom. The molecule has 1 aromatic rings. The molecular weight excluding hydrogens is 847 g/mol. The maximum atomic E-state index is 9.33. The van der Waals surface area contributed by atoms with Crippen LogP contribution in [-0.2, 0) is 48.0 Å². The zero-order valence-corrected chi connectivity index (χ0v) is 45.2. The molecule has 360 valence electrons. The van der Waals surface area contributed by atoms with E-state index in [0.717, 1.165) is 12.2 Å². The molecule has 0 aliphatic rings. The maximum absolute atomic E-state index is 9.33. The van der Waals surface area contributed by atoms with Crippen molar-refractivity contribution in [3.8, 4) is 5.75 Å². The third kappa shape index (κ3) is 62.3. The van der Waals surface area contributed by atoms with E-state index in [0.29, 0.717) is 138 Å². The van der Waals surface area contributed by atoms with Gasteiger partial charge in [0.15, 0.2) is 16.6 Å². The summed E-state index contributed by atoms with van der Waals surface area (Å²) in [7, 11) is -6.17. The summed E-state index contributed by atoms with van der Waals surface area (Å²) in [5.41, 5.74) is 1.73. The number of ether oxygens (including phenoxy) is 10. The predicted molar refractivity (Wildman–Crippen MR) is 254 cm³/mol. The molecule has 0 aromatic heterocycles. The van der Waals surface area contributed by atoms with Gasteiger partial charge in [-0.1, -0.05) is 55.2 Å². The van der Waals surface area contributed by atoms with Crippen molar-refractivity contribution in [2.75, 3.05) is 126 Å². The topological polar surface area (TPSA) is 173 Å². The summed E-state index contributed by atoms with van der Waals surface area (Å²) in [5.74, 6) is 0.858. The molecule has 4 N–H and O–H groups in total. The van der Waals surface area contributed by atoms with Crippen LogP contribution in [0.5, 0.6) is 5.75 Å². The molecule has 0 saturated heterocycles. The molecular formula is C42H92BNaO14Si3. The van der Waals surface area contributed by atoms with Crippen LogP contribution in [-0.4, -0.2) is 178 Å². The molecule has 0 amide bonds. The van der Waals surface area contributed by atoms with Crippen LogP contribution in [0.1, 0.15) is 53.0 Å². The average Bonchev–Trinajstić information content (AvgIpc) is 3.08. The van der Waals surface area contributed by atoms with Crippen LogP contribution >= 0.6 is 0 Å². The first-order valence-electron chi connectivity index (χ1n) is 21.2. The van der Waals surface area contributed by atoms with Crippen molar-refractivity contribution in [2.45, 2.75) is 105 Å². The second-order valence-corrected chi connectivity index (χ2v) is 29.8. The van der Waals surface area contributed by atoms with E-state index >= 15 is 0 Å². The molecule has 61 heavy (non-hydrogen) atoms. The van der Waals surface area contributed by atoms with Crippen LogP contribution in [0.3, 0.4) is 0 Å². The summed E-state index contributed by atoms with van der Waals surface area (Å²) in [6.45, 7) is 33.7. The zero-order chi connectivity index (χ0) is 45.1. The average molecular weight is 939 g/mol. The fraction of sp³-hybridized carbons (Fsp3) is 0.857. The maximum Gasteiger partial charge on any atom is 1.00 e. The summed E-state index contributed by atoms with van der Waals surface area (Å²) in [5, 5.41) is 0. The van der Waals surface area contributed by atoms with E-state index in [9.17, 15) is 9.59 Å². The van der Waals surface area contributed by atoms with Crippen LogP contribution < -0.4 is 34.3 Å². The van der Waals surface area contributed by atoms with Gasteiger partial charge >= 0.3 is 38.1 Å². The Labute approximate surface area is 398 Å². The third-order valence-electron chi connectivity index (χ3n) is 7.02. The molecule has 0 saturated carbocycles. The van der Waals surface area contributed by atoms with Gasteiger partial charge in [0.1, 0.15) is 12.4 Å². The number of rotatable bonds is 34. The van der Waals surface area contributed by atoms with Gasteiger partial charge in [0.05, 0.1) is 112 Å². The van der Waals surface area contributed by atoms with E-state index < -0.39 is 25.2 Å². The second kappa shape index (κ2) is 40.5. The van der Waals surface area contributed by atoms with Gasteiger partial charge in [-0.3, -0.25) is 0 Å². The fourth-order valence-corrected chi connectivity index (χ4v) is 5.83. The molecule has 0 fully saturated rings. The first kappa shape index (κ1) is 67.8. The Bertz CT molecular complexity index is 1050. The molecule has 0 heterocycles. The summed E-state index contributed by atoms with van der Waals surface area (Å²) in [6.07, 6.45) is 1.76. The minimum atomic E-state index is -2.95. The minimum absolute atomic E-state index is 0. The molecule has 0 radical (unpaired) electrons. The summed E-state index contributed by atoms with van der Waals surface area (Å²) in [4.78, 5) is 36.0. The monoisotopic (exact) mass is 939 g/mol. The van der Waals surface area contributed by atoms with E-state index in [1.54, 1.807) is 0 Å². The quantitative estimate of drug-likeness (QED) is 0.0580. The molecule has 14 nitrogen and oxygen atoms in total. The first-order valence-corrected chi connectivity index (χ1v) is 30.7. The Balaban J connectivity index is -0.00000120. The van der Waals surface area contributed by atoms with Gasteiger partial charge in [0, 0.05) is 6.61 Å². The van der Waals surface area contributed by atoms with Crippen LogP contribution in [0.15, 0.2) is 24.3 Å². The Morgan fingerprint density at radius 3 is 0.918 bits per heavy atom. The number of hydrogen-bond acceptors (Lipinski definition) is 14. The van der Waals surface area contributed by atoms with Crippen molar-refractivity contribution in [3.63, 3.8) is 0 Å². The molecule has 1 aromatic carbocycles. The zero-order valence-electron chi connectivity index (χ0n) is 40.2. The van der Waals surface area contributed by atoms with E-state index in [1.807, 2.05) is 51.4 Å². The molecule has 0 bridgehead atoms. The third-order valence-corrected chi connectivity index (χ3v) is 8.32. The fourth-order valence-electron chi connectivity index (χ4n) is 5.02. The largest absolute Gasteiger partial charge is 1.00 e. The van der Waals surface area contributed by atoms with E-state index in [4.69, 9.17) is 57.0 Å². The van der Waals surface area contributed by atoms with E-state index in [1.165, 1.54) is 12.1 Å². The SMILES string of the molecule is CC(C)(C)CC(C)(C)c1ccc(OCCOCCOCCOCCOCCOCCOCCOCCOCCOCCC[Si](C)(O)O)cc1.C[Si](C)(C)O.C[Si](C)(C)O.[BH4-].[Na+]. The van der Waals surface area contributed by atoms with Crippen LogP contribution in [0.4, 0.5) is 0 Å². The van der Waals surface area contributed by atoms with Crippen molar-refractivity contribution in [2.24, 2.45) is 5.41 Å². The van der Waals surface area contributed by atoms with Crippen molar-refractivity contribution in [1.29, 1.82) is 0 Å². The number of benzene rings is 1. The van der Waals surface area contributed by atoms with Gasteiger partial charge < -0.3 is 66.6 Å². The molecule has 19 heteroatoms. The van der Waals surface area contributed by atoms with Gasteiger partial charge in [0.2, 0.25) is 0 Å². The molecule has 0 unspecified atom stereocenters. The second-order valence-electron chi connectivity index (χ2n) is 18.2. The Kier molecular flexibility index (Phi) is 45.0. The van der Waals surface area contributed by atoms with Crippen molar-refractivity contribution in [3.05, 3.63) is 29.8 Å². The molecule has 1 rings (SSSR count). The first-order chi connectivity index (χ1) is 27.4. The molecule has 0 aliphatic carbocycles. The van der Waals surface area contributed by atoms with Gasteiger partial charge in [0.25, 0.3) is 0 Å².